The minimum absolute atomic E-state index is 0.0356. The molecule has 1 saturated heterocycles. The third kappa shape index (κ3) is 3.56. The zero-order valence-corrected chi connectivity index (χ0v) is 17.6. The summed E-state index contributed by atoms with van der Waals surface area (Å²) in [6.07, 6.45) is 1.97. The first-order chi connectivity index (χ1) is 14.6. The molecule has 3 aromatic rings. The highest BCUT2D eigenvalue weighted by Gasteiger charge is 2.27. The fraction of sp³-hybridized carbons (Fsp3) is 0.348. The highest BCUT2D eigenvalue weighted by Crippen LogP contribution is 2.33. The number of nitrogens with one attached hydrogen (secondary N) is 2. The number of rotatable bonds is 3. The van der Waals surface area contributed by atoms with Crippen molar-refractivity contribution in [3.63, 3.8) is 0 Å². The summed E-state index contributed by atoms with van der Waals surface area (Å²) >= 11 is 6.13. The molecule has 3 heterocycles. The molecular weight excluding hydrogens is 402 g/mol. The number of likely N-dealkylation sites (tertiary alicyclic amines) is 1. The van der Waals surface area contributed by atoms with Crippen molar-refractivity contribution in [1.82, 2.24) is 9.88 Å². The van der Waals surface area contributed by atoms with Crippen LogP contribution < -0.4 is 14.8 Å². The van der Waals surface area contributed by atoms with Gasteiger partial charge in [0, 0.05) is 46.8 Å². The topological polar surface area (TPSA) is 66.6 Å². The van der Waals surface area contributed by atoms with E-state index in [0.29, 0.717) is 30.5 Å². The maximum Gasteiger partial charge on any atom is 0.270 e. The van der Waals surface area contributed by atoms with Crippen LogP contribution in [0.25, 0.3) is 10.9 Å². The van der Waals surface area contributed by atoms with Crippen LogP contribution in [-0.2, 0) is 0 Å². The van der Waals surface area contributed by atoms with Crippen molar-refractivity contribution in [3.05, 3.63) is 52.7 Å². The van der Waals surface area contributed by atoms with E-state index in [2.05, 4.69) is 10.3 Å². The van der Waals surface area contributed by atoms with Gasteiger partial charge in [0.25, 0.3) is 5.91 Å². The SMILES string of the molecule is Cc1c(C(=O)N2CCC[C@H](Nc3ccc4c(c3)OCCO4)C2)[nH]c2ccc(Cl)cc12. The molecule has 2 aliphatic heterocycles. The second kappa shape index (κ2) is 7.76. The van der Waals surface area contributed by atoms with Gasteiger partial charge in [-0.3, -0.25) is 4.79 Å². The van der Waals surface area contributed by atoms with Crippen molar-refractivity contribution in [2.75, 3.05) is 31.6 Å². The fourth-order valence-electron chi connectivity index (χ4n) is 4.32. The molecule has 6 nitrogen and oxygen atoms in total. The molecule has 1 fully saturated rings. The number of halogens is 1. The molecule has 0 bridgehead atoms. The van der Waals surface area contributed by atoms with E-state index in [1.165, 1.54) is 0 Å². The quantitative estimate of drug-likeness (QED) is 0.642. The predicted octanol–water partition coefficient (Wildman–Crippen LogP) is 4.62. The van der Waals surface area contributed by atoms with Crippen LogP contribution in [0.2, 0.25) is 5.02 Å². The number of benzene rings is 2. The van der Waals surface area contributed by atoms with Gasteiger partial charge in [-0.15, -0.1) is 0 Å². The number of carbonyl (C=O) groups excluding carboxylic acids is 1. The number of aromatic amines is 1. The maximum absolute atomic E-state index is 13.3. The Morgan fingerprint density at radius 2 is 2.00 bits per heavy atom. The van der Waals surface area contributed by atoms with Crippen LogP contribution >= 0.6 is 11.6 Å². The highest BCUT2D eigenvalue weighted by molar-refractivity contribution is 6.31. The molecule has 0 spiro atoms. The number of hydrogen-bond donors (Lipinski definition) is 2. The first-order valence-corrected chi connectivity index (χ1v) is 10.7. The second-order valence-corrected chi connectivity index (χ2v) is 8.34. The van der Waals surface area contributed by atoms with E-state index in [-0.39, 0.29) is 11.9 Å². The number of aryl methyl sites for hydroxylation is 1. The Hall–Kier alpha value is -2.86. The van der Waals surface area contributed by atoms with Gasteiger partial charge in [-0.2, -0.15) is 0 Å². The number of H-pyrrole nitrogens is 1. The van der Waals surface area contributed by atoms with Crippen molar-refractivity contribution in [1.29, 1.82) is 0 Å². The third-order valence-electron chi connectivity index (χ3n) is 5.86. The lowest BCUT2D eigenvalue weighted by molar-refractivity contribution is 0.0709. The number of piperidine rings is 1. The van der Waals surface area contributed by atoms with Gasteiger partial charge in [0.2, 0.25) is 0 Å². The average Bonchev–Trinajstić information content (AvgIpc) is 3.09. The first-order valence-electron chi connectivity index (χ1n) is 10.3. The lowest BCUT2D eigenvalue weighted by Gasteiger charge is -2.34. The van der Waals surface area contributed by atoms with Crippen molar-refractivity contribution < 1.29 is 14.3 Å². The van der Waals surface area contributed by atoms with Crippen LogP contribution in [0.15, 0.2) is 36.4 Å². The zero-order valence-electron chi connectivity index (χ0n) is 16.8. The number of anilines is 1. The molecule has 1 aromatic heterocycles. The van der Waals surface area contributed by atoms with E-state index < -0.39 is 0 Å². The van der Waals surface area contributed by atoms with Crippen molar-refractivity contribution in [2.45, 2.75) is 25.8 Å². The minimum Gasteiger partial charge on any atom is -0.486 e. The number of amides is 1. The molecule has 156 valence electrons. The van der Waals surface area contributed by atoms with Gasteiger partial charge in [0.1, 0.15) is 18.9 Å². The number of aromatic nitrogens is 1. The van der Waals surface area contributed by atoms with Crippen LogP contribution in [0.4, 0.5) is 5.69 Å². The fourth-order valence-corrected chi connectivity index (χ4v) is 4.49. The summed E-state index contributed by atoms with van der Waals surface area (Å²) < 4.78 is 11.3. The Kier molecular flexibility index (Phi) is 4.95. The van der Waals surface area contributed by atoms with Crippen LogP contribution in [0.1, 0.15) is 28.9 Å². The van der Waals surface area contributed by atoms with Gasteiger partial charge in [-0.25, -0.2) is 0 Å². The van der Waals surface area contributed by atoms with E-state index in [4.69, 9.17) is 21.1 Å². The van der Waals surface area contributed by atoms with Crippen LogP contribution in [0.5, 0.6) is 11.5 Å². The normalized spacial score (nSPS) is 18.5. The summed E-state index contributed by atoms with van der Waals surface area (Å²) in [6, 6.07) is 11.8. The van der Waals surface area contributed by atoms with Gasteiger partial charge in [-0.1, -0.05) is 11.6 Å². The van der Waals surface area contributed by atoms with E-state index in [0.717, 1.165) is 53.0 Å². The molecule has 0 unspecified atom stereocenters. The summed E-state index contributed by atoms with van der Waals surface area (Å²) in [7, 11) is 0. The molecular formula is C23H24ClN3O3. The Morgan fingerprint density at radius 3 is 2.87 bits per heavy atom. The largest absolute Gasteiger partial charge is 0.486 e. The van der Waals surface area contributed by atoms with E-state index in [1.54, 1.807) is 0 Å². The number of fused-ring (bicyclic) bond motifs is 2. The van der Waals surface area contributed by atoms with Gasteiger partial charge < -0.3 is 24.7 Å². The Morgan fingerprint density at radius 1 is 1.17 bits per heavy atom. The van der Waals surface area contributed by atoms with Gasteiger partial charge in [0.15, 0.2) is 11.5 Å². The first kappa shape index (κ1) is 19.1. The molecule has 1 atom stereocenters. The number of carbonyl (C=O) groups is 1. The summed E-state index contributed by atoms with van der Waals surface area (Å²) in [4.78, 5) is 18.5. The lowest BCUT2D eigenvalue weighted by Crippen LogP contribution is -2.45. The Bertz CT molecular complexity index is 1110. The standard InChI is InChI=1S/C23H24ClN3O3/c1-14-18-11-15(24)4-6-19(18)26-22(14)23(28)27-8-2-3-17(13-27)25-16-5-7-20-21(12-16)30-10-9-29-20/h4-7,11-12,17,25-26H,2-3,8-10,13H2,1H3/t17-/m0/s1. The molecule has 0 radical (unpaired) electrons. The molecule has 0 saturated carbocycles. The third-order valence-corrected chi connectivity index (χ3v) is 6.09. The summed E-state index contributed by atoms with van der Waals surface area (Å²) in [5.74, 6) is 1.58. The summed E-state index contributed by atoms with van der Waals surface area (Å²) in [5.41, 5.74) is 3.50. The molecule has 2 N–H and O–H groups in total. The Labute approximate surface area is 180 Å². The van der Waals surface area contributed by atoms with Crippen LogP contribution in [0.3, 0.4) is 0 Å². The van der Waals surface area contributed by atoms with Crippen molar-refractivity contribution >= 4 is 34.1 Å². The number of hydrogen-bond acceptors (Lipinski definition) is 4. The summed E-state index contributed by atoms with van der Waals surface area (Å²) in [6.45, 7) is 4.53. The molecule has 1 amide bonds. The van der Waals surface area contributed by atoms with Gasteiger partial charge in [-0.05, 0) is 55.7 Å². The zero-order chi connectivity index (χ0) is 20.7. The van der Waals surface area contributed by atoms with E-state index in [1.807, 2.05) is 48.2 Å². The highest BCUT2D eigenvalue weighted by atomic mass is 35.5. The average molecular weight is 426 g/mol. The van der Waals surface area contributed by atoms with Gasteiger partial charge >= 0.3 is 0 Å². The molecule has 7 heteroatoms. The van der Waals surface area contributed by atoms with E-state index >= 15 is 0 Å². The van der Waals surface area contributed by atoms with Gasteiger partial charge in [0.05, 0.1) is 0 Å². The predicted molar refractivity (Wildman–Crippen MR) is 118 cm³/mol. The molecule has 5 rings (SSSR count). The smallest absolute Gasteiger partial charge is 0.270 e. The second-order valence-electron chi connectivity index (χ2n) is 7.91. The van der Waals surface area contributed by atoms with E-state index in [9.17, 15) is 4.79 Å². The Balaban J connectivity index is 1.32. The van der Waals surface area contributed by atoms with Crippen LogP contribution in [0, 0.1) is 6.92 Å². The number of nitrogens with zero attached hydrogens (tertiary/aromatic N) is 1. The molecule has 0 aliphatic carbocycles. The minimum atomic E-state index is 0.0356. The molecule has 2 aliphatic rings. The lowest BCUT2D eigenvalue weighted by atomic mass is 10.0. The number of ether oxygens (including phenoxy) is 2. The summed E-state index contributed by atoms with van der Waals surface area (Å²) in [5, 5.41) is 5.22. The van der Waals surface area contributed by atoms with Crippen molar-refractivity contribution in [3.8, 4) is 11.5 Å². The molecule has 30 heavy (non-hydrogen) atoms. The molecule has 2 aromatic carbocycles. The monoisotopic (exact) mass is 425 g/mol. The van der Waals surface area contributed by atoms with Crippen molar-refractivity contribution in [2.24, 2.45) is 0 Å². The maximum atomic E-state index is 13.3. The van der Waals surface area contributed by atoms with Crippen LogP contribution in [-0.4, -0.2) is 48.1 Å².